The lowest BCUT2D eigenvalue weighted by atomic mass is 10.1. The van der Waals surface area contributed by atoms with E-state index in [-0.39, 0.29) is 36.4 Å². The maximum absolute atomic E-state index is 11.7. The van der Waals surface area contributed by atoms with Crippen LogP contribution in [-0.4, -0.2) is 25.0 Å². The van der Waals surface area contributed by atoms with Crippen LogP contribution in [0.3, 0.4) is 0 Å². The number of nitrogens with one attached hydrogen (secondary N) is 2. The molecule has 0 aliphatic heterocycles. The first-order valence-electron chi connectivity index (χ1n) is 6.56. The predicted octanol–water partition coefficient (Wildman–Crippen LogP) is 2.96. The molecule has 1 aromatic rings. The molecule has 0 aliphatic rings. The molecule has 0 saturated heterocycles. The molecule has 0 heterocycles. The lowest BCUT2D eigenvalue weighted by Crippen LogP contribution is -2.34. The van der Waals surface area contributed by atoms with Crippen LogP contribution in [0.25, 0.3) is 0 Å². The number of carbonyl (C=O) groups is 1. The monoisotopic (exact) mass is 468 g/mol. The third kappa shape index (κ3) is 9.67. The number of halogens is 2. The first kappa shape index (κ1) is 20.2. The Bertz CT molecular complexity index is 480. The lowest BCUT2D eigenvalue weighted by molar-refractivity contribution is -0.114. The summed E-state index contributed by atoms with van der Waals surface area (Å²) in [6, 6.07) is 7.39. The van der Waals surface area contributed by atoms with Crippen molar-refractivity contribution in [2.24, 2.45) is 16.6 Å². The summed E-state index contributed by atoms with van der Waals surface area (Å²) in [7, 11) is 0. The highest BCUT2D eigenvalue weighted by Crippen LogP contribution is 2.15. The van der Waals surface area contributed by atoms with E-state index in [9.17, 15) is 4.79 Å². The molecule has 1 rings (SSSR count). The van der Waals surface area contributed by atoms with Crippen molar-refractivity contribution in [3.05, 3.63) is 28.7 Å². The number of hydrogen-bond acceptors (Lipinski definition) is 2. The number of anilines is 1. The second-order valence-electron chi connectivity index (χ2n) is 4.87. The number of aliphatic imine (C=N–C) groups is 1. The van der Waals surface area contributed by atoms with Crippen LogP contribution >= 0.6 is 39.9 Å². The summed E-state index contributed by atoms with van der Waals surface area (Å²) in [6.45, 7) is 5.05. The average molecular weight is 469 g/mol. The summed E-state index contributed by atoms with van der Waals surface area (Å²) in [5.41, 5.74) is 6.40. The molecule has 0 aliphatic carbocycles. The average Bonchev–Trinajstić information content (AvgIpc) is 2.36. The molecule has 4 N–H and O–H groups in total. The fourth-order valence-electron chi connectivity index (χ4n) is 1.47. The van der Waals surface area contributed by atoms with Crippen LogP contribution < -0.4 is 16.4 Å². The molecule has 0 aromatic heterocycles. The second-order valence-corrected chi connectivity index (χ2v) is 5.78. The molecule has 0 unspecified atom stereocenters. The van der Waals surface area contributed by atoms with E-state index in [0.717, 1.165) is 23.1 Å². The van der Waals surface area contributed by atoms with Gasteiger partial charge in [-0.25, -0.2) is 4.99 Å². The van der Waals surface area contributed by atoms with Gasteiger partial charge in [-0.2, -0.15) is 0 Å². The van der Waals surface area contributed by atoms with Crippen LogP contribution in [0.5, 0.6) is 0 Å². The summed E-state index contributed by atoms with van der Waals surface area (Å²) in [4.78, 5) is 15.7. The number of hydrogen-bond donors (Lipinski definition) is 3. The Labute approximate surface area is 151 Å². The normalized spacial score (nSPS) is 11.0. The largest absolute Gasteiger partial charge is 0.370 e. The third-order valence-corrected chi connectivity index (χ3v) is 3.02. The quantitative estimate of drug-likeness (QED) is 0.341. The van der Waals surface area contributed by atoms with Crippen LogP contribution in [0.4, 0.5) is 5.69 Å². The molecule has 0 fully saturated rings. The zero-order valence-corrected chi connectivity index (χ0v) is 16.1. The molecule has 5 nitrogen and oxygen atoms in total. The van der Waals surface area contributed by atoms with Crippen molar-refractivity contribution in [2.75, 3.05) is 18.4 Å². The van der Waals surface area contributed by atoms with Crippen LogP contribution in [-0.2, 0) is 4.79 Å². The number of benzene rings is 1. The van der Waals surface area contributed by atoms with Crippen molar-refractivity contribution in [2.45, 2.75) is 20.3 Å². The van der Waals surface area contributed by atoms with Gasteiger partial charge in [0.15, 0.2) is 5.96 Å². The van der Waals surface area contributed by atoms with Gasteiger partial charge in [-0.3, -0.25) is 4.79 Å². The Morgan fingerprint density at radius 1 is 1.43 bits per heavy atom. The van der Waals surface area contributed by atoms with E-state index >= 15 is 0 Å². The van der Waals surface area contributed by atoms with E-state index in [0.29, 0.717) is 11.9 Å². The standard InChI is InChI=1S/C14H21BrN4O.HI/c1-10(2)6-7-17-14(16)18-9-13(20)19-12-5-3-4-11(15)8-12;/h3-5,8,10H,6-7,9H2,1-2H3,(H,19,20)(H3,16,17,18);1H. The Balaban J connectivity index is 0.00000400. The van der Waals surface area contributed by atoms with Crippen molar-refractivity contribution in [1.82, 2.24) is 5.32 Å². The van der Waals surface area contributed by atoms with Crippen LogP contribution in [0, 0.1) is 5.92 Å². The molecular formula is C14H22BrIN4O. The smallest absolute Gasteiger partial charge is 0.246 e. The second kappa shape index (κ2) is 10.8. The summed E-state index contributed by atoms with van der Waals surface area (Å²) in [5.74, 6) is 0.710. The molecule has 21 heavy (non-hydrogen) atoms. The zero-order valence-electron chi connectivity index (χ0n) is 12.2. The summed E-state index contributed by atoms with van der Waals surface area (Å²) in [6.07, 6.45) is 1.01. The van der Waals surface area contributed by atoms with Crippen LogP contribution in [0.1, 0.15) is 20.3 Å². The fraction of sp³-hybridized carbons (Fsp3) is 0.429. The Hall–Kier alpha value is -0.830. The molecule has 1 amide bonds. The molecule has 118 valence electrons. The van der Waals surface area contributed by atoms with E-state index < -0.39 is 0 Å². The van der Waals surface area contributed by atoms with E-state index in [2.05, 4.69) is 45.4 Å². The van der Waals surface area contributed by atoms with Gasteiger partial charge >= 0.3 is 0 Å². The van der Waals surface area contributed by atoms with Gasteiger partial charge in [0, 0.05) is 16.7 Å². The lowest BCUT2D eigenvalue weighted by Gasteiger charge is -2.07. The highest BCUT2D eigenvalue weighted by Gasteiger charge is 2.02. The number of carbonyl (C=O) groups excluding carboxylic acids is 1. The number of rotatable bonds is 6. The number of nitrogens with two attached hydrogens (primary N) is 1. The topological polar surface area (TPSA) is 79.5 Å². The van der Waals surface area contributed by atoms with Gasteiger partial charge in [0.25, 0.3) is 0 Å². The summed E-state index contributed by atoms with van der Waals surface area (Å²) < 4.78 is 0.911. The first-order valence-corrected chi connectivity index (χ1v) is 7.36. The van der Waals surface area contributed by atoms with E-state index in [1.807, 2.05) is 24.3 Å². The number of amides is 1. The van der Waals surface area contributed by atoms with E-state index in [4.69, 9.17) is 5.73 Å². The minimum atomic E-state index is -0.197. The molecule has 0 saturated carbocycles. The van der Waals surface area contributed by atoms with Gasteiger partial charge < -0.3 is 16.4 Å². The van der Waals surface area contributed by atoms with E-state index in [1.165, 1.54) is 0 Å². The number of nitrogens with zero attached hydrogens (tertiary/aromatic N) is 1. The highest BCUT2D eigenvalue weighted by atomic mass is 127. The van der Waals surface area contributed by atoms with Gasteiger partial charge in [-0.15, -0.1) is 24.0 Å². The third-order valence-electron chi connectivity index (χ3n) is 2.53. The highest BCUT2D eigenvalue weighted by molar-refractivity contribution is 14.0. The van der Waals surface area contributed by atoms with Crippen LogP contribution in [0.15, 0.2) is 33.7 Å². The maximum Gasteiger partial charge on any atom is 0.246 e. The molecule has 0 radical (unpaired) electrons. The summed E-state index contributed by atoms with van der Waals surface area (Å²) >= 11 is 3.35. The molecule has 1 aromatic carbocycles. The predicted molar refractivity (Wildman–Crippen MR) is 102 cm³/mol. The first-order chi connectivity index (χ1) is 9.47. The van der Waals surface area contributed by atoms with Gasteiger partial charge in [0.1, 0.15) is 6.54 Å². The SMILES string of the molecule is CC(C)CCNC(N)=NCC(=O)Nc1cccc(Br)c1.I. The molecule has 0 spiro atoms. The molecule has 0 atom stereocenters. The van der Waals surface area contributed by atoms with Gasteiger partial charge in [-0.05, 0) is 30.5 Å². The van der Waals surface area contributed by atoms with E-state index in [1.54, 1.807) is 0 Å². The fourth-order valence-corrected chi connectivity index (χ4v) is 1.87. The van der Waals surface area contributed by atoms with Crippen LogP contribution in [0.2, 0.25) is 0 Å². The van der Waals surface area contributed by atoms with Gasteiger partial charge in [-0.1, -0.05) is 35.8 Å². The molecule has 0 bridgehead atoms. The van der Waals surface area contributed by atoms with Gasteiger partial charge in [0.2, 0.25) is 5.91 Å². The Morgan fingerprint density at radius 2 is 2.14 bits per heavy atom. The van der Waals surface area contributed by atoms with Crippen molar-refractivity contribution in [3.8, 4) is 0 Å². The van der Waals surface area contributed by atoms with Crippen molar-refractivity contribution in [3.63, 3.8) is 0 Å². The Kier molecular flexibility index (Phi) is 10.4. The van der Waals surface area contributed by atoms with Gasteiger partial charge in [0.05, 0.1) is 0 Å². The summed E-state index contributed by atoms with van der Waals surface area (Å²) in [5, 5.41) is 5.74. The van der Waals surface area contributed by atoms with Crippen molar-refractivity contribution >= 4 is 57.5 Å². The molecule has 7 heteroatoms. The Morgan fingerprint density at radius 3 is 2.76 bits per heavy atom. The minimum absolute atomic E-state index is 0. The van der Waals surface area contributed by atoms with Crippen molar-refractivity contribution in [1.29, 1.82) is 0 Å². The molecular weight excluding hydrogens is 447 g/mol. The maximum atomic E-state index is 11.7. The van der Waals surface area contributed by atoms with Crippen molar-refractivity contribution < 1.29 is 4.79 Å². The minimum Gasteiger partial charge on any atom is -0.370 e. The zero-order chi connectivity index (χ0) is 15.0. The number of guanidine groups is 1.